The lowest BCUT2D eigenvalue weighted by Gasteiger charge is -2.56. The third-order valence-electron chi connectivity index (χ3n) is 10.3. The molecule has 164 valence electrons. The van der Waals surface area contributed by atoms with Crippen LogP contribution in [0.1, 0.15) is 100 Å². The van der Waals surface area contributed by atoms with Crippen LogP contribution in [0.2, 0.25) is 0 Å². The van der Waals surface area contributed by atoms with Crippen LogP contribution in [-0.2, 0) is 18.3 Å². The molecule has 0 spiro atoms. The van der Waals surface area contributed by atoms with Crippen LogP contribution in [0, 0.1) is 33.1 Å². The van der Waals surface area contributed by atoms with Gasteiger partial charge in [0.05, 0.1) is 0 Å². The zero-order chi connectivity index (χ0) is 22.1. The zero-order valence-corrected chi connectivity index (χ0v) is 19.7. The molecule has 0 aromatic carbocycles. The van der Waals surface area contributed by atoms with Gasteiger partial charge in [-0.15, -0.1) is 0 Å². The van der Waals surface area contributed by atoms with E-state index in [1.165, 1.54) is 33.4 Å². The van der Waals surface area contributed by atoms with Crippen LogP contribution in [0.5, 0.6) is 0 Å². The first-order chi connectivity index (χ1) is 14.5. The Morgan fingerprint density at radius 2 is 1.13 bits per heavy atom. The van der Waals surface area contributed by atoms with Crippen molar-refractivity contribution in [3.63, 3.8) is 0 Å². The highest BCUT2D eigenvalue weighted by molar-refractivity contribution is 5.38. The fourth-order valence-corrected chi connectivity index (χ4v) is 7.53. The molecule has 2 aromatic heterocycles. The first-order valence-corrected chi connectivity index (χ1v) is 12.0. The molecule has 2 aromatic rings. The Labute approximate surface area is 185 Å². The highest BCUT2D eigenvalue weighted by atomic mass is 16.5. The van der Waals surface area contributed by atoms with E-state index < -0.39 is 5.41 Å². The molecule has 6 aliphatic carbocycles. The van der Waals surface area contributed by atoms with E-state index in [1.54, 1.807) is 0 Å². The lowest BCUT2D eigenvalue weighted by Crippen LogP contribution is -2.57. The number of aromatic nitrogens is 2. The molecule has 4 heteroatoms. The van der Waals surface area contributed by atoms with Crippen molar-refractivity contribution in [3.8, 4) is 0 Å². The molecule has 6 aliphatic rings. The van der Waals surface area contributed by atoms with Gasteiger partial charge < -0.3 is 10.4 Å². The summed E-state index contributed by atoms with van der Waals surface area (Å²) in [6.45, 7) is 13.4. The summed E-state index contributed by atoms with van der Waals surface area (Å²) in [5, 5.41) is 27.1. The fourth-order valence-electron chi connectivity index (χ4n) is 7.53. The average Bonchev–Trinajstić information content (AvgIpc) is 2.72. The molecule has 8 rings (SSSR count). The van der Waals surface area contributed by atoms with Gasteiger partial charge >= 0.3 is 0 Å². The molecule has 0 saturated heterocycles. The lowest BCUT2D eigenvalue weighted by atomic mass is 9.48. The summed E-state index contributed by atoms with van der Waals surface area (Å²) in [6.07, 6.45) is 4.11. The maximum atomic E-state index is 13.6. The van der Waals surface area contributed by atoms with Gasteiger partial charge in [0.15, 0.2) is 11.4 Å². The summed E-state index contributed by atoms with van der Waals surface area (Å²) in [6, 6.07) is 8.32. The first kappa shape index (κ1) is 19.6. The van der Waals surface area contributed by atoms with Crippen LogP contribution in [0.4, 0.5) is 0 Å². The molecule has 0 N–H and O–H groups in total. The molecule has 2 fully saturated rings. The van der Waals surface area contributed by atoms with E-state index in [9.17, 15) is 10.4 Å². The standard InChI is InChI=1S/C27H34N2O2/c1-25(2)15-11-19(25)17-7-9-23(28(30)21(17)13-15)27(5,6)24-10-8-18-20-12-16(26(20,3)4)14-22(18)29(24)31/h7-10,15-16,19-20H,11-14H2,1-6H3/t15-,16-,19+,20+/m0/s1. The molecule has 4 bridgehead atoms. The van der Waals surface area contributed by atoms with E-state index in [0.717, 1.165) is 24.2 Å². The van der Waals surface area contributed by atoms with Crippen LogP contribution >= 0.6 is 0 Å². The van der Waals surface area contributed by atoms with Gasteiger partial charge in [-0.2, -0.15) is 9.46 Å². The Balaban J connectivity index is 1.43. The Morgan fingerprint density at radius 3 is 1.48 bits per heavy atom. The number of pyridine rings is 2. The van der Waals surface area contributed by atoms with E-state index in [0.29, 0.717) is 45.9 Å². The van der Waals surface area contributed by atoms with Gasteiger partial charge in [0.25, 0.3) is 0 Å². The second-order valence-corrected chi connectivity index (χ2v) is 12.5. The van der Waals surface area contributed by atoms with Crippen LogP contribution in [0.3, 0.4) is 0 Å². The van der Waals surface area contributed by atoms with Crippen LogP contribution in [-0.4, -0.2) is 0 Å². The monoisotopic (exact) mass is 418 g/mol. The maximum Gasteiger partial charge on any atom is 0.209 e. The fraction of sp³-hybridized carbons (Fsp3) is 0.630. The van der Waals surface area contributed by atoms with Crippen molar-refractivity contribution in [2.45, 2.75) is 84.5 Å². The summed E-state index contributed by atoms with van der Waals surface area (Å²) < 4.78 is 2.34. The van der Waals surface area contributed by atoms with Crippen molar-refractivity contribution in [3.05, 3.63) is 68.6 Å². The van der Waals surface area contributed by atoms with Gasteiger partial charge in [-0.1, -0.05) is 27.7 Å². The average molecular weight is 419 g/mol. The minimum absolute atomic E-state index is 0.294. The minimum Gasteiger partial charge on any atom is -0.618 e. The van der Waals surface area contributed by atoms with Crippen LogP contribution < -0.4 is 9.46 Å². The lowest BCUT2D eigenvalue weighted by molar-refractivity contribution is -0.644. The maximum absolute atomic E-state index is 13.6. The minimum atomic E-state index is -0.651. The van der Waals surface area contributed by atoms with E-state index in [-0.39, 0.29) is 0 Å². The van der Waals surface area contributed by atoms with Gasteiger partial charge in [0.2, 0.25) is 11.4 Å². The molecular weight excluding hydrogens is 384 g/mol. The quantitative estimate of drug-likeness (QED) is 0.526. The molecule has 4 nitrogen and oxygen atoms in total. The Kier molecular flexibility index (Phi) is 3.55. The summed E-state index contributed by atoms with van der Waals surface area (Å²) in [4.78, 5) is 0. The van der Waals surface area contributed by atoms with Gasteiger partial charge in [-0.25, -0.2) is 0 Å². The molecule has 2 saturated carbocycles. The van der Waals surface area contributed by atoms with Crippen molar-refractivity contribution < 1.29 is 9.46 Å². The molecular formula is C27H34N2O2. The van der Waals surface area contributed by atoms with E-state index in [4.69, 9.17) is 0 Å². The van der Waals surface area contributed by atoms with Gasteiger partial charge in [0, 0.05) is 36.1 Å². The largest absolute Gasteiger partial charge is 0.618 e. The number of nitrogens with zero attached hydrogens (tertiary/aromatic N) is 2. The summed E-state index contributed by atoms with van der Waals surface area (Å²) in [5.41, 5.74) is 5.64. The van der Waals surface area contributed by atoms with Crippen LogP contribution in [0.25, 0.3) is 0 Å². The zero-order valence-electron chi connectivity index (χ0n) is 19.7. The molecule has 2 heterocycles. The molecule has 4 atom stereocenters. The van der Waals surface area contributed by atoms with Crippen LogP contribution in [0.15, 0.2) is 24.3 Å². The van der Waals surface area contributed by atoms with E-state index in [2.05, 4.69) is 39.8 Å². The molecule has 0 unspecified atom stereocenters. The first-order valence-electron chi connectivity index (χ1n) is 12.0. The molecule has 31 heavy (non-hydrogen) atoms. The Hall–Kier alpha value is -2.10. The Morgan fingerprint density at radius 1 is 0.742 bits per heavy atom. The number of hydrogen-bond acceptors (Lipinski definition) is 2. The molecule has 0 amide bonds. The van der Waals surface area contributed by atoms with Crippen molar-refractivity contribution in [2.75, 3.05) is 0 Å². The van der Waals surface area contributed by atoms with Crippen molar-refractivity contribution in [2.24, 2.45) is 22.7 Å². The number of hydrogen-bond donors (Lipinski definition) is 0. The van der Waals surface area contributed by atoms with E-state index in [1.807, 2.05) is 26.0 Å². The topological polar surface area (TPSA) is 53.9 Å². The van der Waals surface area contributed by atoms with Crippen molar-refractivity contribution >= 4 is 0 Å². The van der Waals surface area contributed by atoms with Gasteiger partial charge in [0.1, 0.15) is 5.41 Å². The predicted octanol–water partition coefficient (Wildman–Crippen LogP) is 4.65. The second kappa shape index (κ2) is 5.63. The second-order valence-electron chi connectivity index (χ2n) is 12.5. The Bertz CT molecular complexity index is 1040. The van der Waals surface area contributed by atoms with E-state index >= 15 is 0 Å². The third-order valence-corrected chi connectivity index (χ3v) is 10.3. The third kappa shape index (κ3) is 2.22. The smallest absolute Gasteiger partial charge is 0.209 e. The highest BCUT2D eigenvalue weighted by Crippen LogP contribution is 2.62. The van der Waals surface area contributed by atoms with Crippen molar-refractivity contribution in [1.29, 1.82) is 0 Å². The van der Waals surface area contributed by atoms with Gasteiger partial charge in [-0.3, -0.25) is 0 Å². The predicted molar refractivity (Wildman–Crippen MR) is 120 cm³/mol. The normalized spacial score (nSPS) is 31.2. The molecule has 0 aliphatic heterocycles. The molecule has 0 radical (unpaired) electrons. The summed E-state index contributed by atoms with van der Waals surface area (Å²) >= 11 is 0. The van der Waals surface area contributed by atoms with Crippen molar-refractivity contribution in [1.82, 2.24) is 0 Å². The SMILES string of the molecule is CC(C)(c1ccc2c([n+]1[O-])C[C@@H]1C[C@H]2C1(C)C)c1ccc2c([n+]1[O-])C[C@@H]1C[C@H]2C1(C)C. The summed E-state index contributed by atoms with van der Waals surface area (Å²) in [7, 11) is 0. The number of rotatable bonds is 2. The van der Waals surface area contributed by atoms with Gasteiger partial charge in [-0.05, 0) is 73.3 Å². The highest BCUT2D eigenvalue weighted by Gasteiger charge is 2.57. The summed E-state index contributed by atoms with van der Waals surface area (Å²) in [5.74, 6) is 2.16.